The molecule has 1 aliphatic rings. The number of likely N-dealkylation sites (tertiary alicyclic amines) is 1. The van der Waals surface area contributed by atoms with E-state index >= 15 is 0 Å². The number of nitrogens with zero attached hydrogens (tertiary/aromatic N) is 2. The molecule has 1 saturated heterocycles. The average molecular weight is 267 g/mol. The molecule has 0 amide bonds. The summed E-state index contributed by atoms with van der Waals surface area (Å²) in [6, 6.07) is 3.77. The number of halogens is 1. The molecule has 1 aromatic rings. The fourth-order valence-electron chi connectivity index (χ4n) is 2.49. The van der Waals surface area contributed by atoms with Crippen molar-refractivity contribution in [1.82, 2.24) is 4.90 Å². The van der Waals surface area contributed by atoms with Crippen LogP contribution in [0.3, 0.4) is 0 Å². The molecule has 6 heteroatoms. The Kier molecular flexibility index (Phi) is 4.11. The van der Waals surface area contributed by atoms with Gasteiger partial charge in [0.15, 0.2) is 0 Å². The first-order chi connectivity index (χ1) is 8.97. The molecule has 1 heterocycles. The molecule has 19 heavy (non-hydrogen) atoms. The minimum Gasteiger partial charge on any atom is -0.327 e. The van der Waals surface area contributed by atoms with Gasteiger partial charge in [0.25, 0.3) is 5.69 Å². The molecule has 0 spiro atoms. The Labute approximate surface area is 111 Å². The third kappa shape index (κ3) is 3.27. The van der Waals surface area contributed by atoms with Crippen LogP contribution >= 0.6 is 0 Å². The van der Waals surface area contributed by atoms with Crippen molar-refractivity contribution in [2.24, 2.45) is 11.7 Å². The largest absolute Gasteiger partial charge is 0.327 e. The summed E-state index contributed by atoms with van der Waals surface area (Å²) in [7, 11) is 0. The van der Waals surface area contributed by atoms with Crippen LogP contribution in [0.4, 0.5) is 10.1 Å². The summed E-state index contributed by atoms with van der Waals surface area (Å²) in [5.74, 6) is -0.0938. The van der Waals surface area contributed by atoms with Crippen LogP contribution < -0.4 is 5.73 Å². The van der Waals surface area contributed by atoms with E-state index in [1.54, 1.807) is 0 Å². The molecule has 0 aliphatic carbocycles. The highest BCUT2D eigenvalue weighted by Crippen LogP contribution is 2.24. The van der Waals surface area contributed by atoms with Crippen molar-refractivity contribution in [3.8, 4) is 0 Å². The van der Waals surface area contributed by atoms with E-state index in [1.165, 1.54) is 12.1 Å². The van der Waals surface area contributed by atoms with Gasteiger partial charge in [-0.25, -0.2) is 4.39 Å². The van der Waals surface area contributed by atoms with E-state index in [2.05, 4.69) is 11.8 Å². The Bertz CT molecular complexity index is 481. The standard InChI is InChI=1S/C13H18FN3O2/c1-9-7-16(5-4-12(9)15)8-10-6-11(14)2-3-13(10)17(18)19/h2-3,6,9,12H,4-5,7-8,15H2,1H3. The van der Waals surface area contributed by atoms with Crippen LogP contribution in [-0.2, 0) is 6.54 Å². The lowest BCUT2D eigenvalue weighted by Crippen LogP contribution is -2.45. The van der Waals surface area contributed by atoms with Crippen LogP contribution in [0.5, 0.6) is 0 Å². The lowest BCUT2D eigenvalue weighted by Gasteiger charge is -2.34. The summed E-state index contributed by atoms with van der Waals surface area (Å²) in [5, 5.41) is 10.9. The van der Waals surface area contributed by atoms with Gasteiger partial charge >= 0.3 is 0 Å². The van der Waals surface area contributed by atoms with Crippen LogP contribution in [0.1, 0.15) is 18.9 Å². The maximum Gasteiger partial charge on any atom is 0.274 e. The Morgan fingerprint density at radius 2 is 2.32 bits per heavy atom. The van der Waals surface area contributed by atoms with Gasteiger partial charge in [0.2, 0.25) is 0 Å². The topological polar surface area (TPSA) is 72.4 Å². The van der Waals surface area contributed by atoms with Crippen LogP contribution in [0, 0.1) is 21.8 Å². The Balaban J connectivity index is 2.14. The Morgan fingerprint density at radius 3 is 2.95 bits per heavy atom. The van der Waals surface area contributed by atoms with Crippen molar-refractivity contribution in [3.05, 3.63) is 39.7 Å². The zero-order valence-corrected chi connectivity index (χ0v) is 10.9. The van der Waals surface area contributed by atoms with Crippen LogP contribution in [0.15, 0.2) is 18.2 Å². The van der Waals surface area contributed by atoms with Crippen molar-refractivity contribution in [1.29, 1.82) is 0 Å². The van der Waals surface area contributed by atoms with Gasteiger partial charge in [0.1, 0.15) is 5.82 Å². The predicted molar refractivity (Wildman–Crippen MR) is 70.1 cm³/mol. The second-order valence-electron chi connectivity index (χ2n) is 5.20. The number of benzene rings is 1. The molecule has 1 aliphatic heterocycles. The number of piperidine rings is 1. The number of rotatable bonds is 3. The maximum absolute atomic E-state index is 13.2. The van der Waals surface area contributed by atoms with Gasteiger partial charge in [-0.2, -0.15) is 0 Å². The Morgan fingerprint density at radius 1 is 1.58 bits per heavy atom. The van der Waals surface area contributed by atoms with E-state index in [1.807, 2.05) is 0 Å². The molecule has 0 bridgehead atoms. The fourth-order valence-corrected chi connectivity index (χ4v) is 2.49. The van der Waals surface area contributed by atoms with Crippen LogP contribution in [-0.4, -0.2) is 29.0 Å². The number of nitro groups is 1. The van der Waals surface area contributed by atoms with E-state index in [0.29, 0.717) is 18.0 Å². The quantitative estimate of drug-likeness (QED) is 0.670. The molecule has 2 unspecified atom stereocenters. The van der Waals surface area contributed by atoms with Gasteiger partial charge < -0.3 is 5.73 Å². The fraction of sp³-hybridized carbons (Fsp3) is 0.538. The van der Waals surface area contributed by atoms with Gasteiger partial charge in [-0.05, 0) is 31.0 Å². The third-order valence-corrected chi connectivity index (χ3v) is 3.69. The highest BCUT2D eigenvalue weighted by Gasteiger charge is 2.25. The minimum absolute atomic E-state index is 0.0241. The first-order valence-corrected chi connectivity index (χ1v) is 6.38. The van der Waals surface area contributed by atoms with E-state index in [0.717, 1.165) is 25.6 Å². The number of hydrogen-bond donors (Lipinski definition) is 1. The molecule has 0 aromatic heterocycles. The molecule has 104 valence electrons. The second-order valence-corrected chi connectivity index (χ2v) is 5.20. The lowest BCUT2D eigenvalue weighted by atomic mass is 9.94. The summed E-state index contributed by atoms with van der Waals surface area (Å²) in [4.78, 5) is 12.6. The van der Waals surface area contributed by atoms with E-state index in [-0.39, 0.29) is 11.7 Å². The highest BCUT2D eigenvalue weighted by atomic mass is 19.1. The van der Waals surface area contributed by atoms with Crippen LogP contribution in [0.25, 0.3) is 0 Å². The second kappa shape index (κ2) is 5.63. The summed E-state index contributed by atoms with van der Waals surface area (Å²) in [6.07, 6.45) is 0.865. The van der Waals surface area contributed by atoms with Gasteiger partial charge in [0, 0.05) is 30.8 Å². The smallest absolute Gasteiger partial charge is 0.274 e. The Hall–Kier alpha value is -1.53. The van der Waals surface area contributed by atoms with Gasteiger partial charge in [-0.15, -0.1) is 0 Å². The minimum atomic E-state index is -0.464. The van der Waals surface area contributed by atoms with Crippen molar-refractivity contribution in [2.45, 2.75) is 25.9 Å². The molecule has 0 saturated carbocycles. The zero-order chi connectivity index (χ0) is 14.0. The molecule has 0 radical (unpaired) electrons. The SMILES string of the molecule is CC1CN(Cc2cc(F)ccc2[N+](=O)[O-])CCC1N. The van der Waals surface area contributed by atoms with Crippen molar-refractivity contribution in [2.75, 3.05) is 13.1 Å². The molecule has 1 fully saturated rings. The monoisotopic (exact) mass is 267 g/mol. The molecular weight excluding hydrogens is 249 g/mol. The van der Waals surface area contributed by atoms with E-state index in [9.17, 15) is 14.5 Å². The van der Waals surface area contributed by atoms with Crippen molar-refractivity contribution >= 4 is 5.69 Å². The maximum atomic E-state index is 13.2. The van der Waals surface area contributed by atoms with Gasteiger partial charge in [0.05, 0.1) is 4.92 Å². The number of nitro benzene ring substituents is 1. The summed E-state index contributed by atoms with van der Waals surface area (Å²) in [5.41, 5.74) is 6.34. The number of nitrogens with two attached hydrogens (primary N) is 1. The number of hydrogen-bond acceptors (Lipinski definition) is 4. The van der Waals surface area contributed by atoms with Gasteiger partial charge in [-0.1, -0.05) is 6.92 Å². The van der Waals surface area contributed by atoms with Crippen molar-refractivity contribution < 1.29 is 9.31 Å². The zero-order valence-electron chi connectivity index (χ0n) is 10.9. The molecule has 2 rings (SSSR count). The predicted octanol–water partition coefficient (Wildman–Crippen LogP) is 1.90. The highest BCUT2D eigenvalue weighted by molar-refractivity contribution is 5.40. The molecule has 1 aromatic carbocycles. The normalized spacial score (nSPS) is 24.4. The molecule has 2 atom stereocenters. The first kappa shape index (κ1) is 13.9. The molecule has 2 N–H and O–H groups in total. The molecular formula is C13H18FN3O2. The third-order valence-electron chi connectivity index (χ3n) is 3.69. The lowest BCUT2D eigenvalue weighted by molar-refractivity contribution is -0.385. The molecule has 5 nitrogen and oxygen atoms in total. The van der Waals surface area contributed by atoms with Crippen molar-refractivity contribution in [3.63, 3.8) is 0 Å². The summed E-state index contributed by atoms with van der Waals surface area (Å²) < 4.78 is 13.2. The van der Waals surface area contributed by atoms with E-state index < -0.39 is 10.7 Å². The average Bonchev–Trinajstić information content (AvgIpc) is 2.33. The van der Waals surface area contributed by atoms with E-state index in [4.69, 9.17) is 5.73 Å². The first-order valence-electron chi connectivity index (χ1n) is 6.38. The summed E-state index contributed by atoms with van der Waals surface area (Å²) in [6.45, 7) is 4.04. The van der Waals surface area contributed by atoms with Gasteiger partial charge in [-0.3, -0.25) is 15.0 Å². The van der Waals surface area contributed by atoms with Crippen LogP contribution in [0.2, 0.25) is 0 Å². The summed E-state index contributed by atoms with van der Waals surface area (Å²) >= 11 is 0.